The van der Waals surface area contributed by atoms with Crippen LogP contribution in [-0.2, 0) is 6.54 Å². The van der Waals surface area contributed by atoms with Gasteiger partial charge in [-0.1, -0.05) is 18.2 Å². The third kappa shape index (κ3) is 3.02. The number of hydrogen-bond donors (Lipinski definition) is 1. The van der Waals surface area contributed by atoms with E-state index in [1.165, 1.54) is 10.9 Å². The largest absolute Gasteiger partial charge is 0.308 e. The number of para-hydroxylation sites is 1. The maximum atomic E-state index is 4.60. The zero-order valence-corrected chi connectivity index (χ0v) is 13.3. The van der Waals surface area contributed by atoms with Crippen LogP contribution in [0.2, 0.25) is 0 Å². The van der Waals surface area contributed by atoms with E-state index >= 15 is 0 Å². The number of nitrogens with one attached hydrogen (secondary N) is 1. The summed E-state index contributed by atoms with van der Waals surface area (Å²) >= 11 is 0. The molecule has 4 nitrogen and oxygen atoms in total. The highest BCUT2D eigenvalue weighted by Crippen LogP contribution is 2.19. The highest BCUT2D eigenvalue weighted by atomic mass is 15.3. The van der Waals surface area contributed by atoms with E-state index in [-0.39, 0.29) is 0 Å². The minimum absolute atomic E-state index is 0.309. The first-order valence-corrected chi connectivity index (χ1v) is 7.73. The van der Waals surface area contributed by atoms with Gasteiger partial charge in [0.25, 0.3) is 0 Å². The molecular formula is C18H22N4. The van der Waals surface area contributed by atoms with Gasteiger partial charge in [0, 0.05) is 36.1 Å². The molecule has 0 bridgehead atoms. The third-order valence-corrected chi connectivity index (χ3v) is 4.21. The van der Waals surface area contributed by atoms with Crippen LogP contribution in [0.3, 0.4) is 0 Å². The van der Waals surface area contributed by atoms with Crippen LogP contribution in [0.4, 0.5) is 0 Å². The SMILES string of the molecule is Cc1cc(CN[C@@H](C)[C@H](C)n2cccn2)c2ccccc2n1. The average Bonchev–Trinajstić information content (AvgIpc) is 3.05. The van der Waals surface area contributed by atoms with Gasteiger partial charge < -0.3 is 5.32 Å². The first-order valence-electron chi connectivity index (χ1n) is 7.73. The van der Waals surface area contributed by atoms with Crippen molar-refractivity contribution in [3.05, 3.63) is 60.0 Å². The Morgan fingerprint density at radius 3 is 2.77 bits per heavy atom. The van der Waals surface area contributed by atoms with Gasteiger partial charge in [0.2, 0.25) is 0 Å². The molecule has 0 saturated carbocycles. The number of hydrogen-bond acceptors (Lipinski definition) is 3. The zero-order chi connectivity index (χ0) is 15.5. The second kappa shape index (κ2) is 6.28. The minimum atomic E-state index is 0.309. The van der Waals surface area contributed by atoms with Gasteiger partial charge in [0.15, 0.2) is 0 Å². The molecule has 114 valence electrons. The van der Waals surface area contributed by atoms with E-state index < -0.39 is 0 Å². The van der Waals surface area contributed by atoms with Crippen LogP contribution in [0.25, 0.3) is 10.9 Å². The van der Waals surface area contributed by atoms with Crippen LogP contribution < -0.4 is 5.32 Å². The minimum Gasteiger partial charge on any atom is -0.308 e. The standard InChI is InChI=1S/C18H22N4/c1-13-11-16(17-7-4-5-8-18(17)21-13)12-19-14(2)15(3)22-10-6-9-20-22/h4-11,14-15,19H,12H2,1-3H3/t14-,15-/m0/s1. The highest BCUT2D eigenvalue weighted by molar-refractivity contribution is 5.82. The Labute approximate surface area is 131 Å². The first kappa shape index (κ1) is 14.7. The Morgan fingerprint density at radius 1 is 1.18 bits per heavy atom. The van der Waals surface area contributed by atoms with Gasteiger partial charge in [-0.05, 0) is 44.5 Å². The highest BCUT2D eigenvalue weighted by Gasteiger charge is 2.14. The van der Waals surface area contributed by atoms with Gasteiger partial charge in [-0.2, -0.15) is 5.10 Å². The van der Waals surface area contributed by atoms with Crippen molar-refractivity contribution >= 4 is 10.9 Å². The summed E-state index contributed by atoms with van der Waals surface area (Å²) in [6.45, 7) is 7.26. The fraction of sp³-hybridized carbons (Fsp3) is 0.333. The lowest BCUT2D eigenvalue weighted by Gasteiger charge is -2.22. The fourth-order valence-electron chi connectivity index (χ4n) is 2.73. The summed E-state index contributed by atoms with van der Waals surface area (Å²) in [4.78, 5) is 4.60. The van der Waals surface area contributed by atoms with E-state index in [9.17, 15) is 0 Å². The number of nitrogens with zero attached hydrogens (tertiary/aromatic N) is 3. The summed E-state index contributed by atoms with van der Waals surface area (Å²) in [7, 11) is 0. The number of pyridine rings is 1. The molecule has 2 atom stereocenters. The van der Waals surface area contributed by atoms with E-state index in [2.05, 4.69) is 53.5 Å². The third-order valence-electron chi connectivity index (χ3n) is 4.21. The molecule has 1 N–H and O–H groups in total. The number of aryl methyl sites for hydroxylation is 1. The number of rotatable bonds is 5. The van der Waals surface area contributed by atoms with Gasteiger partial charge in [-0.3, -0.25) is 9.67 Å². The van der Waals surface area contributed by atoms with E-state index in [0.29, 0.717) is 12.1 Å². The molecule has 2 aromatic heterocycles. The second-order valence-corrected chi connectivity index (χ2v) is 5.84. The monoisotopic (exact) mass is 294 g/mol. The summed E-state index contributed by atoms with van der Waals surface area (Å²) in [5.74, 6) is 0. The van der Waals surface area contributed by atoms with Gasteiger partial charge in [0.1, 0.15) is 0 Å². The Morgan fingerprint density at radius 2 is 2.00 bits per heavy atom. The molecule has 4 heteroatoms. The van der Waals surface area contributed by atoms with Crippen LogP contribution in [0, 0.1) is 6.92 Å². The Balaban J connectivity index is 1.76. The van der Waals surface area contributed by atoms with Gasteiger partial charge >= 0.3 is 0 Å². The van der Waals surface area contributed by atoms with Gasteiger partial charge in [-0.25, -0.2) is 0 Å². The maximum absolute atomic E-state index is 4.60. The Kier molecular flexibility index (Phi) is 4.20. The van der Waals surface area contributed by atoms with Crippen molar-refractivity contribution in [2.45, 2.75) is 39.4 Å². The number of aromatic nitrogens is 3. The Hall–Kier alpha value is -2.20. The molecule has 0 aliphatic heterocycles. The van der Waals surface area contributed by atoms with Gasteiger partial charge in [0.05, 0.1) is 11.6 Å². The molecule has 0 fully saturated rings. The lowest BCUT2D eigenvalue weighted by atomic mass is 10.1. The summed E-state index contributed by atoms with van der Waals surface area (Å²) in [5, 5.41) is 9.16. The van der Waals surface area contributed by atoms with E-state index in [1.54, 1.807) is 0 Å². The molecule has 0 amide bonds. The van der Waals surface area contributed by atoms with Gasteiger partial charge in [-0.15, -0.1) is 0 Å². The average molecular weight is 294 g/mol. The predicted molar refractivity (Wildman–Crippen MR) is 89.7 cm³/mol. The lowest BCUT2D eigenvalue weighted by Crippen LogP contribution is -2.33. The molecule has 1 aromatic carbocycles. The normalized spacial score (nSPS) is 14.1. The van der Waals surface area contributed by atoms with Crippen molar-refractivity contribution in [2.75, 3.05) is 0 Å². The zero-order valence-electron chi connectivity index (χ0n) is 13.3. The van der Waals surface area contributed by atoms with E-state index in [4.69, 9.17) is 0 Å². The molecule has 0 aliphatic rings. The van der Waals surface area contributed by atoms with Crippen molar-refractivity contribution in [1.82, 2.24) is 20.1 Å². The molecule has 0 radical (unpaired) electrons. The Bertz CT molecular complexity index is 749. The summed E-state index contributed by atoms with van der Waals surface area (Å²) in [5.41, 5.74) is 3.41. The molecule has 22 heavy (non-hydrogen) atoms. The lowest BCUT2D eigenvalue weighted by molar-refractivity contribution is 0.365. The van der Waals surface area contributed by atoms with Crippen LogP contribution in [0.15, 0.2) is 48.8 Å². The summed E-state index contributed by atoms with van der Waals surface area (Å²) in [6.07, 6.45) is 3.83. The molecule has 3 aromatic rings. The first-order chi connectivity index (χ1) is 10.6. The predicted octanol–water partition coefficient (Wildman–Crippen LogP) is 3.48. The fourth-order valence-corrected chi connectivity index (χ4v) is 2.73. The maximum Gasteiger partial charge on any atom is 0.0708 e. The van der Waals surface area contributed by atoms with Crippen LogP contribution >= 0.6 is 0 Å². The van der Waals surface area contributed by atoms with Crippen molar-refractivity contribution in [2.24, 2.45) is 0 Å². The second-order valence-electron chi connectivity index (χ2n) is 5.84. The molecule has 0 aliphatic carbocycles. The topological polar surface area (TPSA) is 42.7 Å². The van der Waals surface area contributed by atoms with Crippen LogP contribution in [0.5, 0.6) is 0 Å². The van der Waals surface area contributed by atoms with E-state index in [0.717, 1.165) is 17.8 Å². The molecule has 3 rings (SSSR count). The smallest absolute Gasteiger partial charge is 0.0708 e. The van der Waals surface area contributed by atoms with Crippen molar-refractivity contribution in [1.29, 1.82) is 0 Å². The van der Waals surface area contributed by atoms with Crippen molar-refractivity contribution in [3.63, 3.8) is 0 Å². The molecular weight excluding hydrogens is 272 g/mol. The number of benzene rings is 1. The van der Waals surface area contributed by atoms with E-state index in [1.807, 2.05) is 36.1 Å². The summed E-state index contributed by atoms with van der Waals surface area (Å²) < 4.78 is 1.99. The molecule has 0 saturated heterocycles. The molecule has 0 spiro atoms. The molecule has 0 unspecified atom stereocenters. The van der Waals surface area contributed by atoms with Crippen LogP contribution in [-0.4, -0.2) is 20.8 Å². The summed E-state index contributed by atoms with van der Waals surface area (Å²) in [6, 6.07) is 13.1. The number of fused-ring (bicyclic) bond motifs is 1. The van der Waals surface area contributed by atoms with Crippen molar-refractivity contribution in [3.8, 4) is 0 Å². The van der Waals surface area contributed by atoms with Crippen molar-refractivity contribution < 1.29 is 0 Å². The van der Waals surface area contributed by atoms with Crippen LogP contribution in [0.1, 0.15) is 31.1 Å². The molecule has 2 heterocycles. The quantitative estimate of drug-likeness (QED) is 0.783.